The fourth-order valence-corrected chi connectivity index (χ4v) is 4.32. The third-order valence-electron chi connectivity index (χ3n) is 5.94. The Hall–Kier alpha value is -3.44. The minimum Gasteiger partial charge on any atom is -0.503 e. The number of rotatable bonds is 7. The molecule has 3 aromatic carbocycles. The second-order valence-corrected chi connectivity index (χ2v) is 8.46. The molecule has 1 aliphatic rings. The monoisotopic (exact) mass is 463 g/mol. The van der Waals surface area contributed by atoms with E-state index in [4.69, 9.17) is 21.1 Å². The zero-order chi connectivity index (χ0) is 23.5. The summed E-state index contributed by atoms with van der Waals surface area (Å²) >= 11 is 6.11. The first-order chi connectivity index (χ1) is 15.9. The first-order valence-corrected chi connectivity index (χ1v) is 11.1. The highest BCUT2D eigenvalue weighted by Gasteiger charge is 2.40. The van der Waals surface area contributed by atoms with Crippen LogP contribution >= 0.6 is 11.6 Å². The highest BCUT2D eigenvalue weighted by Crippen LogP contribution is 2.43. The van der Waals surface area contributed by atoms with Gasteiger partial charge in [0.05, 0.1) is 20.3 Å². The van der Waals surface area contributed by atoms with E-state index in [1.165, 1.54) is 0 Å². The summed E-state index contributed by atoms with van der Waals surface area (Å²) in [5.74, 6) is 0.689. The van der Waals surface area contributed by atoms with Gasteiger partial charge < -0.3 is 19.5 Å². The van der Waals surface area contributed by atoms with E-state index in [2.05, 4.69) is 0 Å². The summed E-state index contributed by atoms with van der Waals surface area (Å²) in [5, 5.41) is 11.5. The second-order valence-electron chi connectivity index (χ2n) is 8.02. The first kappa shape index (κ1) is 22.7. The molecule has 0 aromatic heterocycles. The zero-order valence-electron chi connectivity index (χ0n) is 18.8. The number of aryl methyl sites for hydroxylation is 1. The van der Waals surface area contributed by atoms with Crippen LogP contribution in [0.4, 0.5) is 0 Å². The van der Waals surface area contributed by atoms with E-state index < -0.39 is 6.04 Å². The number of nitrogens with zero attached hydrogens (tertiary/aromatic N) is 1. The van der Waals surface area contributed by atoms with Crippen molar-refractivity contribution in [3.8, 4) is 11.5 Å². The number of hydrogen-bond acceptors (Lipinski definition) is 4. The van der Waals surface area contributed by atoms with Crippen molar-refractivity contribution in [3.63, 3.8) is 0 Å². The standard InChI is InChI=1S/C27H26ClNO4/c1-17-4-7-19(8-5-17)24-25(20-9-11-21(28)12-10-20)29(27(31)26(24)30)15-14-18-6-13-22(32-2)23(16-18)33-3/h4-13,16,25,30H,14-15H2,1-3H3/t25-/m1/s1. The van der Waals surface area contributed by atoms with Crippen LogP contribution in [-0.4, -0.2) is 36.7 Å². The number of amides is 1. The molecular weight excluding hydrogens is 438 g/mol. The quantitative estimate of drug-likeness (QED) is 0.484. The van der Waals surface area contributed by atoms with Gasteiger partial charge in [-0.3, -0.25) is 4.79 Å². The predicted molar refractivity (Wildman–Crippen MR) is 130 cm³/mol. The van der Waals surface area contributed by atoms with Gasteiger partial charge in [0.25, 0.3) is 5.91 Å². The lowest BCUT2D eigenvalue weighted by Gasteiger charge is -2.27. The number of hydrogen-bond donors (Lipinski definition) is 1. The fourth-order valence-electron chi connectivity index (χ4n) is 4.19. The average molecular weight is 464 g/mol. The van der Waals surface area contributed by atoms with Crippen molar-refractivity contribution in [1.82, 2.24) is 4.90 Å². The van der Waals surface area contributed by atoms with Crippen LogP contribution in [0.25, 0.3) is 5.57 Å². The summed E-state index contributed by atoms with van der Waals surface area (Å²) < 4.78 is 10.7. The highest BCUT2D eigenvalue weighted by atomic mass is 35.5. The maximum atomic E-state index is 13.2. The highest BCUT2D eigenvalue weighted by molar-refractivity contribution is 6.30. The van der Waals surface area contributed by atoms with Crippen LogP contribution in [0.5, 0.6) is 11.5 Å². The second kappa shape index (κ2) is 9.59. The molecule has 1 aliphatic heterocycles. The number of aliphatic hydroxyl groups is 1. The van der Waals surface area contributed by atoms with Gasteiger partial charge in [-0.15, -0.1) is 0 Å². The summed E-state index contributed by atoms with van der Waals surface area (Å²) in [4.78, 5) is 14.9. The number of halogens is 1. The molecule has 5 nitrogen and oxygen atoms in total. The van der Waals surface area contributed by atoms with E-state index >= 15 is 0 Å². The van der Waals surface area contributed by atoms with E-state index in [-0.39, 0.29) is 11.7 Å². The Kier molecular flexibility index (Phi) is 6.61. The van der Waals surface area contributed by atoms with Gasteiger partial charge in [-0.2, -0.15) is 0 Å². The lowest BCUT2D eigenvalue weighted by molar-refractivity contribution is -0.129. The van der Waals surface area contributed by atoms with E-state index in [0.717, 1.165) is 22.3 Å². The molecule has 0 unspecified atom stereocenters. The lowest BCUT2D eigenvalue weighted by Crippen LogP contribution is -2.32. The van der Waals surface area contributed by atoms with Crippen LogP contribution in [0.15, 0.2) is 72.5 Å². The molecule has 0 fully saturated rings. The molecule has 1 amide bonds. The van der Waals surface area contributed by atoms with Gasteiger partial charge in [-0.05, 0) is 54.3 Å². The third kappa shape index (κ3) is 4.55. The molecule has 0 bridgehead atoms. The van der Waals surface area contributed by atoms with E-state index in [1.54, 1.807) is 31.3 Å². The predicted octanol–water partition coefficient (Wildman–Crippen LogP) is 5.76. The van der Waals surface area contributed by atoms with Crippen molar-refractivity contribution in [3.05, 3.63) is 99.8 Å². The first-order valence-electron chi connectivity index (χ1n) is 10.7. The van der Waals surface area contributed by atoms with Gasteiger partial charge in [-0.1, -0.05) is 59.6 Å². The van der Waals surface area contributed by atoms with Crippen molar-refractivity contribution >= 4 is 23.1 Å². The number of methoxy groups -OCH3 is 2. The Morgan fingerprint density at radius 3 is 2.24 bits per heavy atom. The molecular formula is C27H26ClNO4. The Morgan fingerprint density at radius 2 is 1.61 bits per heavy atom. The zero-order valence-corrected chi connectivity index (χ0v) is 19.6. The number of benzene rings is 3. The molecule has 3 aromatic rings. The number of carbonyl (C=O) groups is 1. The molecule has 6 heteroatoms. The molecule has 4 rings (SSSR count). The minimum atomic E-state index is -0.419. The Labute approximate surface area is 198 Å². The molecule has 0 spiro atoms. The fraction of sp³-hybridized carbons (Fsp3) is 0.222. The summed E-state index contributed by atoms with van der Waals surface area (Å²) in [6.07, 6.45) is 0.588. The molecule has 0 saturated heterocycles. The van der Waals surface area contributed by atoms with Gasteiger partial charge in [0.15, 0.2) is 17.3 Å². The minimum absolute atomic E-state index is 0.217. The van der Waals surface area contributed by atoms with Gasteiger partial charge in [0.2, 0.25) is 0 Å². The maximum Gasteiger partial charge on any atom is 0.289 e. The summed E-state index contributed by atoms with van der Waals surface area (Å²) in [7, 11) is 3.19. The van der Waals surface area contributed by atoms with Crippen molar-refractivity contribution in [1.29, 1.82) is 0 Å². The van der Waals surface area contributed by atoms with Crippen molar-refractivity contribution in [2.75, 3.05) is 20.8 Å². The topological polar surface area (TPSA) is 59.0 Å². The SMILES string of the molecule is COc1ccc(CCN2C(=O)C(O)=C(c3ccc(C)cc3)[C@H]2c2ccc(Cl)cc2)cc1OC. The molecule has 1 atom stereocenters. The number of carbonyl (C=O) groups excluding carboxylic acids is 1. The summed E-state index contributed by atoms with van der Waals surface area (Å²) in [5.41, 5.74) is 4.42. The van der Waals surface area contributed by atoms with Crippen LogP contribution in [0.2, 0.25) is 5.02 Å². The lowest BCUT2D eigenvalue weighted by atomic mass is 9.93. The van der Waals surface area contributed by atoms with Crippen molar-refractivity contribution in [2.24, 2.45) is 0 Å². The Morgan fingerprint density at radius 1 is 0.939 bits per heavy atom. The molecule has 1 N–H and O–H groups in total. The maximum absolute atomic E-state index is 13.2. The molecule has 0 radical (unpaired) electrons. The summed E-state index contributed by atoms with van der Waals surface area (Å²) in [6, 6.07) is 20.5. The molecule has 0 aliphatic carbocycles. The molecule has 170 valence electrons. The van der Waals surface area contributed by atoms with Crippen molar-refractivity contribution < 1.29 is 19.4 Å². The van der Waals surface area contributed by atoms with E-state index in [1.807, 2.05) is 61.5 Å². The van der Waals surface area contributed by atoms with Gasteiger partial charge in [-0.25, -0.2) is 0 Å². The Bertz CT molecular complexity index is 1190. The molecule has 1 heterocycles. The van der Waals surface area contributed by atoms with Crippen LogP contribution in [0.3, 0.4) is 0 Å². The number of aliphatic hydroxyl groups excluding tert-OH is 1. The van der Waals surface area contributed by atoms with Crippen LogP contribution in [0, 0.1) is 6.92 Å². The Balaban J connectivity index is 1.68. The van der Waals surface area contributed by atoms with Crippen LogP contribution < -0.4 is 9.47 Å². The van der Waals surface area contributed by atoms with E-state index in [9.17, 15) is 9.90 Å². The van der Waals surface area contributed by atoms with Crippen LogP contribution in [0.1, 0.15) is 28.3 Å². The normalized spacial score (nSPS) is 15.8. The van der Waals surface area contributed by atoms with Gasteiger partial charge in [0.1, 0.15) is 0 Å². The van der Waals surface area contributed by atoms with Crippen LogP contribution in [-0.2, 0) is 11.2 Å². The van der Waals surface area contributed by atoms with Gasteiger partial charge in [0, 0.05) is 17.1 Å². The smallest absolute Gasteiger partial charge is 0.289 e. The molecule has 33 heavy (non-hydrogen) atoms. The number of ether oxygens (including phenoxy) is 2. The molecule has 0 saturated carbocycles. The average Bonchev–Trinajstić information content (AvgIpc) is 3.08. The van der Waals surface area contributed by atoms with Gasteiger partial charge >= 0.3 is 0 Å². The third-order valence-corrected chi connectivity index (χ3v) is 6.19. The van der Waals surface area contributed by atoms with E-state index in [0.29, 0.717) is 35.1 Å². The van der Waals surface area contributed by atoms with Crippen molar-refractivity contribution in [2.45, 2.75) is 19.4 Å². The summed E-state index contributed by atoms with van der Waals surface area (Å²) in [6.45, 7) is 2.42. The largest absolute Gasteiger partial charge is 0.503 e.